The van der Waals surface area contributed by atoms with E-state index in [4.69, 9.17) is 4.74 Å². The van der Waals surface area contributed by atoms with E-state index in [0.717, 1.165) is 58.2 Å². The van der Waals surface area contributed by atoms with Crippen molar-refractivity contribution in [2.75, 3.05) is 26.2 Å². The van der Waals surface area contributed by atoms with E-state index >= 15 is 0 Å². The molecule has 240 valence electrons. The number of allylic oxidation sites excluding steroid dienone is 2. The van der Waals surface area contributed by atoms with Crippen molar-refractivity contribution in [3.05, 3.63) is 47.5 Å². The van der Waals surface area contributed by atoms with Crippen molar-refractivity contribution in [2.24, 2.45) is 11.8 Å². The second-order valence-corrected chi connectivity index (χ2v) is 11.5. The van der Waals surface area contributed by atoms with E-state index in [9.17, 15) is 9.90 Å². The summed E-state index contributed by atoms with van der Waals surface area (Å²) in [6, 6.07) is 8.91. The van der Waals surface area contributed by atoms with Crippen LogP contribution in [0.25, 0.3) is 0 Å². The molecule has 0 aliphatic rings. The van der Waals surface area contributed by atoms with Gasteiger partial charge in [-0.3, -0.25) is 9.69 Å². The number of carbonyl (C=O) groups excluding carboxylic acids is 1. The second kappa shape index (κ2) is 29.8. The lowest BCUT2D eigenvalue weighted by Crippen LogP contribution is -2.29. The minimum atomic E-state index is -0.224. The van der Waals surface area contributed by atoms with E-state index in [-0.39, 0.29) is 12.1 Å². The van der Waals surface area contributed by atoms with Gasteiger partial charge in [0.1, 0.15) is 6.61 Å². The van der Waals surface area contributed by atoms with Crippen molar-refractivity contribution in [3.63, 3.8) is 0 Å². The van der Waals surface area contributed by atoms with Crippen LogP contribution in [0.15, 0.2) is 36.4 Å². The number of benzene rings is 1. The summed E-state index contributed by atoms with van der Waals surface area (Å²) in [5.74, 6) is 1.01. The largest absolute Gasteiger partial charge is 0.464 e. The molecule has 41 heavy (non-hydrogen) atoms. The molecule has 4 heteroatoms. The molecular weight excluding hydrogens is 506 g/mol. The summed E-state index contributed by atoms with van der Waals surface area (Å²) in [4.78, 5) is 14.1. The van der Waals surface area contributed by atoms with Crippen LogP contribution in [0.2, 0.25) is 0 Å². The number of esters is 1. The normalized spacial score (nSPS) is 13.1. The highest BCUT2D eigenvalue weighted by molar-refractivity contribution is 5.69. The first-order valence-electron chi connectivity index (χ1n) is 17.0. The molecular formula is C37H69NO3. The van der Waals surface area contributed by atoms with Gasteiger partial charge in [0.25, 0.3) is 0 Å². The number of rotatable bonds is 21. The smallest absolute Gasteiger partial charge is 0.305 e. The summed E-state index contributed by atoms with van der Waals surface area (Å²) < 4.78 is 5.35. The monoisotopic (exact) mass is 576 g/mol. The molecule has 1 aromatic carbocycles. The van der Waals surface area contributed by atoms with Gasteiger partial charge in [-0.15, -0.1) is 0 Å². The Morgan fingerprint density at radius 2 is 1.49 bits per heavy atom. The van der Waals surface area contributed by atoms with Crippen LogP contribution in [0, 0.1) is 18.8 Å². The maximum Gasteiger partial charge on any atom is 0.305 e. The van der Waals surface area contributed by atoms with Crippen molar-refractivity contribution >= 4 is 5.97 Å². The highest BCUT2D eigenvalue weighted by Crippen LogP contribution is 2.20. The average Bonchev–Trinajstić information content (AvgIpc) is 2.95. The topological polar surface area (TPSA) is 49.8 Å². The van der Waals surface area contributed by atoms with E-state index in [1.165, 1.54) is 43.2 Å². The number of carbonyl (C=O) groups is 1. The zero-order chi connectivity index (χ0) is 31.3. The number of aryl methyl sites for hydroxylation is 2. The molecule has 3 atom stereocenters. The fraction of sp³-hybridized carbons (Fsp3) is 0.757. The molecule has 0 aliphatic carbocycles. The molecule has 1 aromatic rings. The Hall–Kier alpha value is -1.65. The lowest BCUT2D eigenvalue weighted by Gasteiger charge is -2.20. The minimum absolute atomic E-state index is 0.0785. The van der Waals surface area contributed by atoms with Crippen molar-refractivity contribution in [1.29, 1.82) is 0 Å². The number of aliphatic hydroxyl groups excluding tert-OH is 1. The third-order valence-corrected chi connectivity index (χ3v) is 7.30. The maximum absolute atomic E-state index is 11.8. The minimum Gasteiger partial charge on any atom is -0.464 e. The van der Waals surface area contributed by atoms with E-state index < -0.39 is 0 Å². The molecule has 0 spiro atoms. The molecule has 4 nitrogen and oxygen atoms in total. The number of unbranched alkanes of at least 4 members (excludes halogenated alkanes) is 4. The number of hydrogen-bond donors (Lipinski definition) is 1. The van der Waals surface area contributed by atoms with E-state index in [2.05, 4.69) is 82.9 Å². The first-order chi connectivity index (χ1) is 19.7. The third-order valence-electron chi connectivity index (χ3n) is 7.30. The van der Waals surface area contributed by atoms with Crippen LogP contribution in [0.3, 0.4) is 0 Å². The highest BCUT2D eigenvalue weighted by atomic mass is 16.5. The van der Waals surface area contributed by atoms with Crippen LogP contribution < -0.4 is 0 Å². The van der Waals surface area contributed by atoms with E-state index in [1.807, 2.05) is 20.8 Å². The Balaban J connectivity index is 0. The molecule has 0 fully saturated rings. The lowest BCUT2D eigenvalue weighted by atomic mass is 9.88. The number of hydrogen-bond acceptors (Lipinski definition) is 4. The Morgan fingerprint density at radius 1 is 0.854 bits per heavy atom. The van der Waals surface area contributed by atoms with Crippen molar-refractivity contribution in [3.8, 4) is 0 Å². The molecule has 0 radical (unpaired) electrons. The van der Waals surface area contributed by atoms with E-state index in [1.54, 1.807) is 0 Å². The second-order valence-electron chi connectivity index (χ2n) is 11.5. The first-order valence-corrected chi connectivity index (χ1v) is 17.0. The zero-order valence-corrected chi connectivity index (χ0v) is 28.7. The quantitative estimate of drug-likeness (QED) is 0.0900. The van der Waals surface area contributed by atoms with Crippen molar-refractivity contribution in [1.82, 2.24) is 4.90 Å². The predicted octanol–water partition coefficient (Wildman–Crippen LogP) is 9.96. The molecule has 1 unspecified atom stereocenters. The molecule has 0 saturated heterocycles. The summed E-state index contributed by atoms with van der Waals surface area (Å²) in [7, 11) is 0. The fourth-order valence-electron chi connectivity index (χ4n) is 4.63. The average molecular weight is 576 g/mol. The molecule has 0 aromatic heterocycles. The van der Waals surface area contributed by atoms with Crippen molar-refractivity contribution < 1.29 is 14.6 Å². The Bertz CT molecular complexity index is 707. The number of aliphatic hydroxyl groups is 1. The van der Waals surface area contributed by atoms with Crippen molar-refractivity contribution in [2.45, 2.75) is 145 Å². The van der Waals surface area contributed by atoms with Crippen LogP contribution >= 0.6 is 0 Å². The van der Waals surface area contributed by atoms with E-state index in [0.29, 0.717) is 24.9 Å². The highest BCUT2D eigenvalue weighted by Gasteiger charge is 2.13. The SMILES string of the molecule is CC.CCCCCCc1ccc(C)cc1.CCCN(CCC)CCOC(=O)CCC/C=C\C[C@H](C)C(C)C[C@H](C)O. The molecule has 1 N–H and O–H groups in total. The van der Waals surface area contributed by atoms with Gasteiger partial charge in [-0.2, -0.15) is 0 Å². The molecule has 0 heterocycles. The molecule has 0 saturated carbocycles. The van der Waals surface area contributed by atoms with Gasteiger partial charge in [0.05, 0.1) is 6.10 Å². The van der Waals surface area contributed by atoms with Crippen LogP contribution in [0.5, 0.6) is 0 Å². The molecule has 1 rings (SSSR count). The lowest BCUT2D eigenvalue weighted by molar-refractivity contribution is -0.144. The van der Waals surface area contributed by atoms with Crippen LogP contribution in [0.1, 0.15) is 137 Å². The summed E-state index contributed by atoms with van der Waals surface area (Å²) in [6.45, 7) is 22.5. The van der Waals surface area contributed by atoms with Gasteiger partial charge >= 0.3 is 5.97 Å². The summed E-state index contributed by atoms with van der Waals surface area (Å²) in [6.07, 6.45) is 17.3. The molecule has 0 amide bonds. The summed E-state index contributed by atoms with van der Waals surface area (Å²) in [5.41, 5.74) is 2.85. The predicted molar refractivity (Wildman–Crippen MR) is 181 cm³/mol. The van der Waals surface area contributed by atoms with Crippen LogP contribution in [0.4, 0.5) is 0 Å². The van der Waals surface area contributed by atoms with Gasteiger partial charge in [0, 0.05) is 13.0 Å². The zero-order valence-electron chi connectivity index (χ0n) is 28.7. The summed E-state index contributed by atoms with van der Waals surface area (Å²) >= 11 is 0. The Morgan fingerprint density at radius 3 is 2.05 bits per heavy atom. The molecule has 0 aliphatic heterocycles. The maximum atomic E-state index is 11.8. The van der Waals surface area contributed by atoms with Gasteiger partial charge < -0.3 is 9.84 Å². The number of ether oxygens (including phenoxy) is 1. The Kier molecular flexibility index (Phi) is 30.2. The van der Waals surface area contributed by atoms with Gasteiger partial charge in [0.2, 0.25) is 0 Å². The summed E-state index contributed by atoms with van der Waals surface area (Å²) in [5, 5.41) is 9.45. The van der Waals surface area contributed by atoms with Gasteiger partial charge in [-0.05, 0) is 95.7 Å². The third kappa shape index (κ3) is 27.0. The fourth-order valence-corrected chi connectivity index (χ4v) is 4.63. The van der Waals surface area contributed by atoms with Crippen LogP contribution in [-0.2, 0) is 16.0 Å². The van der Waals surface area contributed by atoms with Gasteiger partial charge in [-0.1, -0.05) is 110 Å². The number of nitrogens with zero attached hydrogens (tertiary/aromatic N) is 1. The van der Waals surface area contributed by atoms with Gasteiger partial charge in [-0.25, -0.2) is 0 Å². The first kappa shape index (κ1) is 41.5. The Labute approximate surface area is 256 Å². The molecule has 0 bridgehead atoms. The standard InChI is InChI=1S/C22H43NO3.C13H20.C2H6/c1-6-14-23(15-7-2)16-17-26-22(25)13-11-9-8-10-12-19(3)20(4)18-21(5)24;1-3-4-5-6-7-13-10-8-12(2)9-11-13;1-2/h8,10,19-21,24H,6-7,9,11-18H2,1-5H3;8-11H,3-7H2,1-2H3;1-2H3/b10-8-;;/t19-,20?,21-;;/m0../s1. The van der Waals surface area contributed by atoms with Gasteiger partial charge in [0.15, 0.2) is 0 Å². The van der Waals surface area contributed by atoms with Crippen LogP contribution in [-0.4, -0.2) is 48.3 Å².